The molecule has 0 heterocycles. The van der Waals surface area contributed by atoms with Crippen LogP contribution in [0.4, 0.5) is 0 Å². The van der Waals surface area contributed by atoms with Gasteiger partial charge in [0.1, 0.15) is 0 Å². The maximum absolute atomic E-state index is 11.7. The van der Waals surface area contributed by atoms with Crippen molar-refractivity contribution in [2.45, 2.75) is 26.7 Å². The van der Waals surface area contributed by atoms with Gasteiger partial charge in [-0.2, -0.15) is 0 Å². The van der Waals surface area contributed by atoms with E-state index >= 15 is 0 Å². The molecular formula is C22H30N4O. The van der Waals surface area contributed by atoms with Crippen molar-refractivity contribution in [1.82, 2.24) is 16.0 Å². The van der Waals surface area contributed by atoms with Crippen molar-refractivity contribution < 1.29 is 4.79 Å². The molecule has 0 unspecified atom stereocenters. The maximum atomic E-state index is 11.7. The van der Waals surface area contributed by atoms with Crippen LogP contribution in [0.25, 0.3) is 0 Å². The van der Waals surface area contributed by atoms with Gasteiger partial charge in [-0.3, -0.25) is 9.79 Å². The molecular weight excluding hydrogens is 336 g/mol. The summed E-state index contributed by atoms with van der Waals surface area (Å²) in [7, 11) is 1.64. The third-order valence-electron chi connectivity index (χ3n) is 4.22. The molecule has 0 aliphatic heterocycles. The van der Waals surface area contributed by atoms with Crippen LogP contribution in [0.5, 0.6) is 0 Å². The number of guanidine groups is 1. The van der Waals surface area contributed by atoms with Crippen molar-refractivity contribution in [3.05, 3.63) is 70.8 Å². The number of amides is 1. The molecule has 0 spiro atoms. The zero-order valence-electron chi connectivity index (χ0n) is 16.5. The molecule has 0 aromatic heterocycles. The molecule has 27 heavy (non-hydrogen) atoms. The second kappa shape index (κ2) is 11.0. The number of hydrogen-bond donors (Lipinski definition) is 3. The van der Waals surface area contributed by atoms with Crippen molar-refractivity contribution in [2.75, 3.05) is 26.7 Å². The highest BCUT2D eigenvalue weighted by Gasteiger charge is 2.04. The molecule has 3 N–H and O–H groups in total. The predicted molar refractivity (Wildman–Crippen MR) is 112 cm³/mol. The Morgan fingerprint density at radius 1 is 1.00 bits per heavy atom. The highest BCUT2D eigenvalue weighted by molar-refractivity contribution is 5.94. The molecule has 0 aliphatic rings. The minimum atomic E-state index is -0.0634. The molecule has 0 fully saturated rings. The quantitative estimate of drug-likeness (QED) is 0.497. The lowest BCUT2D eigenvalue weighted by molar-refractivity contribution is 0.0963. The topological polar surface area (TPSA) is 65.5 Å². The molecule has 2 aromatic carbocycles. The summed E-state index contributed by atoms with van der Waals surface area (Å²) in [6.07, 6.45) is 1.75. The summed E-state index contributed by atoms with van der Waals surface area (Å²) >= 11 is 0. The monoisotopic (exact) mass is 366 g/mol. The van der Waals surface area contributed by atoms with E-state index in [0.29, 0.717) is 12.1 Å². The Balaban J connectivity index is 1.86. The Morgan fingerprint density at radius 3 is 2.44 bits per heavy atom. The van der Waals surface area contributed by atoms with Crippen LogP contribution in [0.3, 0.4) is 0 Å². The summed E-state index contributed by atoms with van der Waals surface area (Å²) in [6, 6.07) is 16.3. The van der Waals surface area contributed by atoms with Crippen LogP contribution in [0, 0.1) is 6.92 Å². The average molecular weight is 367 g/mol. The largest absolute Gasteiger partial charge is 0.357 e. The molecule has 2 rings (SSSR count). The van der Waals surface area contributed by atoms with Gasteiger partial charge in [0, 0.05) is 32.2 Å². The Labute approximate surface area is 162 Å². The van der Waals surface area contributed by atoms with Gasteiger partial charge in [-0.05, 0) is 49.9 Å². The van der Waals surface area contributed by atoms with Crippen LogP contribution in [-0.2, 0) is 12.8 Å². The normalized spacial score (nSPS) is 11.1. The summed E-state index contributed by atoms with van der Waals surface area (Å²) in [4.78, 5) is 16.4. The van der Waals surface area contributed by atoms with Gasteiger partial charge in [0.15, 0.2) is 5.96 Å². The van der Waals surface area contributed by atoms with Gasteiger partial charge in [0.2, 0.25) is 0 Å². The first-order chi connectivity index (χ1) is 13.1. The molecule has 1 amide bonds. The fraction of sp³-hybridized carbons (Fsp3) is 0.364. The van der Waals surface area contributed by atoms with E-state index in [9.17, 15) is 4.79 Å². The van der Waals surface area contributed by atoms with Crippen LogP contribution in [-0.4, -0.2) is 38.5 Å². The first kappa shape index (κ1) is 20.5. The van der Waals surface area contributed by atoms with Crippen molar-refractivity contribution in [3.63, 3.8) is 0 Å². The van der Waals surface area contributed by atoms with E-state index in [1.54, 1.807) is 7.05 Å². The van der Waals surface area contributed by atoms with Gasteiger partial charge < -0.3 is 16.0 Å². The summed E-state index contributed by atoms with van der Waals surface area (Å²) < 4.78 is 0. The van der Waals surface area contributed by atoms with Crippen LogP contribution in [0.2, 0.25) is 0 Å². The summed E-state index contributed by atoms with van der Waals surface area (Å²) in [5, 5.41) is 9.32. The third-order valence-corrected chi connectivity index (χ3v) is 4.22. The summed E-state index contributed by atoms with van der Waals surface area (Å²) in [5.74, 6) is 0.763. The van der Waals surface area contributed by atoms with E-state index in [4.69, 9.17) is 0 Å². The first-order valence-corrected chi connectivity index (χ1v) is 9.51. The van der Waals surface area contributed by atoms with Crippen LogP contribution in [0.1, 0.15) is 34.0 Å². The number of aliphatic imine (C=N–C) groups is 1. The van der Waals surface area contributed by atoms with E-state index in [1.807, 2.05) is 24.3 Å². The highest BCUT2D eigenvalue weighted by atomic mass is 16.1. The fourth-order valence-corrected chi connectivity index (χ4v) is 2.84. The number of carbonyl (C=O) groups is 1. The second-order valence-corrected chi connectivity index (χ2v) is 6.46. The standard InChI is InChI=1S/C22H30N4O/c1-4-24-22(25-13-11-18-8-5-7-17(2)15-18)26-14-12-19-9-6-10-20(16-19)21(27)23-3/h5-10,15-16H,4,11-14H2,1-3H3,(H,23,27)(H2,24,25,26). The van der Waals surface area contributed by atoms with Crippen LogP contribution < -0.4 is 16.0 Å². The smallest absolute Gasteiger partial charge is 0.251 e. The second-order valence-electron chi connectivity index (χ2n) is 6.46. The number of carbonyl (C=O) groups excluding carboxylic acids is 1. The third kappa shape index (κ3) is 7.13. The van der Waals surface area contributed by atoms with E-state index in [1.165, 1.54) is 11.1 Å². The van der Waals surface area contributed by atoms with Gasteiger partial charge in [-0.1, -0.05) is 42.0 Å². The van der Waals surface area contributed by atoms with E-state index < -0.39 is 0 Å². The zero-order chi connectivity index (χ0) is 19.5. The Bertz CT molecular complexity index is 770. The number of rotatable bonds is 8. The van der Waals surface area contributed by atoms with Crippen molar-refractivity contribution in [1.29, 1.82) is 0 Å². The molecule has 0 saturated heterocycles. The first-order valence-electron chi connectivity index (χ1n) is 9.51. The van der Waals surface area contributed by atoms with Crippen LogP contribution in [0.15, 0.2) is 53.5 Å². The minimum absolute atomic E-state index is 0.0634. The maximum Gasteiger partial charge on any atom is 0.251 e. The zero-order valence-corrected chi connectivity index (χ0v) is 16.5. The summed E-state index contributed by atoms with van der Waals surface area (Å²) in [5.41, 5.74) is 4.40. The number of nitrogens with zero attached hydrogens (tertiary/aromatic N) is 1. The molecule has 0 saturated carbocycles. The van der Waals surface area contributed by atoms with Crippen molar-refractivity contribution in [3.8, 4) is 0 Å². The van der Waals surface area contributed by atoms with E-state index in [-0.39, 0.29) is 5.91 Å². The molecule has 5 heteroatoms. The highest BCUT2D eigenvalue weighted by Crippen LogP contribution is 2.06. The number of nitrogens with one attached hydrogen (secondary N) is 3. The number of hydrogen-bond acceptors (Lipinski definition) is 2. The summed E-state index contributed by atoms with van der Waals surface area (Å²) in [6.45, 7) is 6.49. The van der Waals surface area contributed by atoms with E-state index in [0.717, 1.165) is 37.5 Å². The molecule has 0 atom stereocenters. The fourth-order valence-electron chi connectivity index (χ4n) is 2.84. The average Bonchev–Trinajstić information content (AvgIpc) is 2.67. The van der Waals surface area contributed by atoms with Gasteiger partial charge >= 0.3 is 0 Å². The van der Waals surface area contributed by atoms with Crippen molar-refractivity contribution >= 4 is 11.9 Å². The lowest BCUT2D eigenvalue weighted by atomic mass is 10.1. The molecule has 0 radical (unpaired) electrons. The van der Waals surface area contributed by atoms with Crippen LogP contribution >= 0.6 is 0 Å². The van der Waals surface area contributed by atoms with Gasteiger partial charge in [0.05, 0.1) is 0 Å². The Morgan fingerprint density at radius 2 is 1.74 bits per heavy atom. The SMILES string of the molecule is CCNC(=NCCc1cccc(C(=O)NC)c1)NCCc1cccc(C)c1. The lowest BCUT2D eigenvalue weighted by Gasteiger charge is -2.11. The van der Waals surface area contributed by atoms with E-state index in [2.05, 4.69) is 59.1 Å². The molecule has 5 nitrogen and oxygen atoms in total. The van der Waals surface area contributed by atoms with Gasteiger partial charge in [-0.25, -0.2) is 0 Å². The minimum Gasteiger partial charge on any atom is -0.357 e. The molecule has 144 valence electrons. The van der Waals surface area contributed by atoms with Gasteiger partial charge in [0.25, 0.3) is 5.91 Å². The Kier molecular flexibility index (Phi) is 8.36. The lowest BCUT2D eigenvalue weighted by Crippen LogP contribution is -2.38. The number of aryl methyl sites for hydroxylation is 1. The van der Waals surface area contributed by atoms with Gasteiger partial charge in [-0.15, -0.1) is 0 Å². The molecule has 2 aromatic rings. The van der Waals surface area contributed by atoms with Crippen molar-refractivity contribution in [2.24, 2.45) is 4.99 Å². The predicted octanol–water partition coefficient (Wildman–Crippen LogP) is 2.69. The number of benzene rings is 2. The molecule has 0 aliphatic carbocycles. The Hall–Kier alpha value is -2.82. The molecule has 0 bridgehead atoms.